The Morgan fingerprint density at radius 1 is 1.42 bits per heavy atom. The summed E-state index contributed by atoms with van der Waals surface area (Å²) in [6.45, 7) is 8.67. The van der Waals surface area contributed by atoms with Crippen molar-refractivity contribution in [2.45, 2.75) is 58.6 Å². The average Bonchev–Trinajstić information content (AvgIpc) is 2.54. The van der Waals surface area contributed by atoms with E-state index in [4.69, 9.17) is 4.74 Å². The van der Waals surface area contributed by atoms with Crippen LogP contribution in [0, 0.1) is 0 Å². The summed E-state index contributed by atoms with van der Waals surface area (Å²) in [4.78, 5) is 31.3. The van der Waals surface area contributed by atoms with Crippen LogP contribution in [0.5, 0.6) is 0 Å². The van der Waals surface area contributed by atoms with Crippen LogP contribution in [-0.2, 0) is 9.53 Å². The fourth-order valence-electron chi connectivity index (χ4n) is 2.89. The number of amides is 2. The second kappa shape index (κ2) is 7.64. The van der Waals surface area contributed by atoms with Gasteiger partial charge in [0.05, 0.1) is 6.04 Å². The molecule has 1 aliphatic heterocycles. The number of likely N-dealkylation sites (tertiary alicyclic amines) is 1. The van der Waals surface area contributed by atoms with Crippen LogP contribution in [-0.4, -0.2) is 41.1 Å². The summed E-state index contributed by atoms with van der Waals surface area (Å²) in [7, 11) is 0. The first kappa shape index (κ1) is 18.2. The number of ether oxygens (including phenoxy) is 1. The maximum atomic E-state index is 12.3. The Kier molecular flexibility index (Phi) is 5.80. The molecule has 1 fully saturated rings. The van der Waals surface area contributed by atoms with E-state index in [0.717, 1.165) is 37.8 Å². The predicted octanol–water partition coefficient (Wildman–Crippen LogP) is 3.53. The first-order valence-corrected chi connectivity index (χ1v) is 8.53. The molecule has 1 aromatic heterocycles. The van der Waals surface area contributed by atoms with Gasteiger partial charge >= 0.3 is 6.09 Å². The summed E-state index contributed by atoms with van der Waals surface area (Å²) in [5, 5.41) is 0. The quantitative estimate of drug-likeness (QED) is 0.791. The highest BCUT2D eigenvalue weighted by atomic mass is 16.6. The predicted molar refractivity (Wildman–Crippen MR) is 92.9 cm³/mol. The molecule has 24 heavy (non-hydrogen) atoms. The summed E-state index contributed by atoms with van der Waals surface area (Å²) >= 11 is 0. The summed E-state index contributed by atoms with van der Waals surface area (Å²) in [5.41, 5.74) is 0.461. The fraction of sp³-hybridized carbons (Fsp3) is 0.611. The van der Waals surface area contributed by atoms with Crippen molar-refractivity contribution < 1.29 is 14.3 Å². The van der Waals surface area contributed by atoms with Crippen LogP contribution in [0.25, 0.3) is 0 Å². The van der Waals surface area contributed by atoms with Gasteiger partial charge in [-0.15, -0.1) is 0 Å². The second-order valence-corrected chi connectivity index (χ2v) is 7.03. The van der Waals surface area contributed by atoms with E-state index in [2.05, 4.69) is 4.98 Å². The van der Waals surface area contributed by atoms with Crippen molar-refractivity contribution in [1.29, 1.82) is 0 Å². The van der Waals surface area contributed by atoms with Crippen molar-refractivity contribution in [3.05, 3.63) is 23.9 Å². The van der Waals surface area contributed by atoms with Gasteiger partial charge in [-0.2, -0.15) is 0 Å². The number of nitrogens with zero attached hydrogens (tertiary/aromatic N) is 3. The maximum Gasteiger partial charge on any atom is 0.415 e. The summed E-state index contributed by atoms with van der Waals surface area (Å²) in [6.07, 6.45) is 5.37. The van der Waals surface area contributed by atoms with E-state index in [1.807, 2.05) is 44.7 Å². The minimum absolute atomic E-state index is 0.0782. The highest BCUT2D eigenvalue weighted by Crippen LogP contribution is 2.30. The number of anilines is 1. The van der Waals surface area contributed by atoms with Crippen LogP contribution in [0.15, 0.2) is 18.3 Å². The summed E-state index contributed by atoms with van der Waals surface area (Å²) in [6, 6.07) is 3.84. The van der Waals surface area contributed by atoms with Gasteiger partial charge in [0.25, 0.3) is 0 Å². The topological polar surface area (TPSA) is 62.7 Å². The molecular formula is C18H27N3O3. The van der Waals surface area contributed by atoms with Gasteiger partial charge < -0.3 is 9.64 Å². The number of hydrogen-bond acceptors (Lipinski definition) is 4. The van der Waals surface area contributed by atoms with Gasteiger partial charge in [-0.25, -0.2) is 9.78 Å². The summed E-state index contributed by atoms with van der Waals surface area (Å²) in [5.74, 6) is 0.559. The molecule has 132 valence electrons. The molecule has 6 heteroatoms. The lowest BCUT2D eigenvalue weighted by Crippen LogP contribution is -2.37. The Balaban J connectivity index is 2.14. The largest absolute Gasteiger partial charge is 0.443 e. The average molecular weight is 333 g/mol. The van der Waals surface area contributed by atoms with Crippen LogP contribution in [0.4, 0.5) is 10.6 Å². The minimum atomic E-state index is -0.545. The zero-order chi connectivity index (χ0) is 17.7. The standard InChI is InChI=1S/C18H27N3O3/c1-5-21(17(23)24-18(2,3)4)16-10-9-14(12-19-16)15-8-6-7-11-20(15)13-22/h9-10,12-13,15H,5-8,11H2,1-4H3/t15-/m1/s1. The number of carbonyl (C=O) groups excluding carboxylic acids is 2. The molecule has 1 aliphatic rings. The van der Waals surface area contributed by atoms with Crippen molar-refractivity contribution in [2.75, 3.05) is 18.0 Å². The zero-order valence-corrected chi connectivity index (χ0v) is 15.0. The van der Waals surface area contributed by atoms with Crippen molar-refractivity contribution in [3.8, 4) is 0 Å². The molecule has 0 unspecified atom stereocenters. The maximum absolute atomic E-state index is 12.3. The molecule has 0 spiro atoms. The Hall–Kier alpha value is -2.11. The monoisotopic (exact) mass is 333 g/mol. The number of carbonyl (C=O) groups is 2. The molecular weight excluding hydrogens is 306 g/mol. The lowest BCUT2D eigenvalue weighted by molar-refractivity contribution is -0.121. The molecule has 0 saturated carbocycles. The number of hydrogen-bond donors (Lipinski definition) is 0. The normalized spacial score (nSPS) is 18.2. The Labute approximate surface area is 143 Å². The van der Waals surface area contributed by atoms with E-state index >= 15 is 0 Å². The second-order valence-electron chi connectivity index (χ2n) is 7.03. The Morgan fingerprint density at radius 3 is 2.71 bits per heavy atom. The molecule has 1 atom stereocenters. The molecule has 6 nitrogen and oxygen atoms in total. The molecule has 0 aromatic carbocycles. The van der Waals surface area contributed by atoms with Crippen LogP contribution < -0.4 is 4.90 Å². The molecule has 2 heterocycles. The fourth-order valence-corrected chi connectivity index (χ4v) is 2.89. The SMILES string of the molecule is CCN(C(=O)OC(C)(C)C)c1ccc([C@H]2CCCCN2C=O)cn1. The molecule has 1 saturated heterocycles. The van der Waals surface area contributed by atoms with Crippen LogP contribution in [0.1, 0.15) is 58.6 Å². The van der Waals surface area contributed by atoms with Crippen LogP contribution >= 0.6 is 0 Å². The summed E-state index contributed by atoms with van der Waals surface area (Å²) < 4.78 is 5.42. The third-order valence-corrected chi connectivity index (χ3v) is 4.04. The van der Waals surface area contributed by atoms with Gasteiger partial charge in [-0.1, -0.05) is 6.07 Å². The first-order chi connectivity index (χ1) is 11.4. The first-order valence-electron chi connectivity index (χ1n) is 8.53. The lowest BCUT2D eigenvalue weighted by atomic mass is 9.97. The van der Waals surface area contributed by atoms with Gasteiger partial charge in [-0.3, -0.25) is 9.69 Å². The highest BCUT2D eigenvalue weighted by Gasteiger charge is 2.25. The highest BCUT2D eigenvalue weighted by molar-refractivity contribution is 5.86. The number of rotatable bonds is 4. The van der Waals surface area contributed by atoms with E-state index in [1.165, 1.54) is 4.90 Å². The van der Waals surface area contributed by atoms with Crippen LogP contribution in [0.3, 0.4) is 0 Å². The number of piperidine rings is 1. The number of pyridine rings is 1. The van der Waals surface area contributed by atoms with Crippen molar-refractivity contribution in [2.24, 2.45) is 0 Å². The van der Waals surface area contributed by atoms with Crippen LogP contribution in [0.2, 0.25) is 0 Å². The third kappa shape index (κ3) is 4.46. The van der Waals surface area contributed by atoms with Crippen molar-refractivity contribution in [1.82, 2.24) is 9.88 Å². The molecule has 0 N–H and O–H groups in total. The van der Waals surface area contributed by atoms with E-state index in [9.17, 15) is 9.59 Å². The van der Waals surface area contributed by atoms with E-state index in [-0.39, 0.29) is 6.04 Å². The van der Waals surface area contributed by atoms with Gasteiger partial charge in [0, 0.05) is 19.3 Å². The Bertz CT molecular complexity index is 566. The third-order valence-electron chi connectivity index (χ3n) is 4.04. The minimum Gasteiger partial charge on any atom is -0.443 e. The van der Waals surface area contributed by atoms with Crippen molar-refractivity contribution >= 4 is 18.3 Å². The van der Waals surface area contributed by atoms with Gasteiger partial charge in [0.2, 0.25) is 6.41 Å². The smallest absolute Gasteiger partial charge is 0.415 e. The van der Waals surface area contributed by atoms with Gasteiger partial charge in [0.15, 0.2) is 0 Å². The molecule has 2 amide bonds. The van der Waals surface area contributed by atoms with Gasteiger partial charge in [-0.05, 0) is 58.6 Å². The molecule has 0 radical (unpaired) electrons. The number of aromatic nitrogens is 1. The Morgan fingerprint density at radius 2 is 2.17 bits per heavy atom. The van der Waals surface area contributed by atoms with Gasteiger partial charge in [0.1, 0.15) is 11.4 Å². The van der Waals surface area contributed by atoms with E-state index in [0.29, 0.717) is 12.4 Å². The molecule has 2 rings (SSSR count). The molecule has 1 aromatic rings. The molecule has 0 aliphatic carbocycles. The zero-order valence-electron chi connectivity index (χ0n) is 15.0. The van der Waals surface area contributed by atoms with E-state index < -0.39 is 11.7 Å². The molecule has 0 bridgehead atoms. The van der Waals surface area contributed by atoms with Crippen molar-refractivity contribution in [3.63, 3.8) is 0 Å². The lowest BCUT2D eigenvalue weighted by Gasteiger charge is -2.33. The van der Waals surface area contributed by atoms with E-state index in [1.54, 1.807) is 6.20 Å².